The third kappa shape index (κ3) is 5.92. The molecule has 0 aromatic heterocycles. The molecule has 8 rings (SSSR count). The van der Waals surface area contributed by atoms with E-state index in [1.165, 1.54) is 49.9 Å². The second kappa shape index (κ2) is 13.6. The van der Waals surface area contributed by atoms with Crippen LogP contribution in [0.15, 0.2) is 24.3 Å². The number of nitrogens with one attached hydrogen (secondary N) is 1. The SMILES string of the molecule is CNc1cccc([C@H](CCCOC)C[C@H]2CC[C@@]3(C2)C[C@]2(C)[C@@H]4C[C@H]5[C@H](CC[C@@H]6[C@H]5CN5C[C@H](C)CC[C@@H]5[C@@]6(C)O)[C@@H]4C[C@H](O)[C@@H]2C[C@H]3O)c1. The van der Waals surface area contributed by atoms with Crippen LogP contribution < -0.4 is 5.32 Å². The molecule has 0 amide bonds. The van der Waals surface area contributed by atoms with Gasteiger partial charge in [-0.25, -0.2) is 0 Å². The van der Waals surface area contributed by atoms with Gasteiger partial charge < -0.3 is 25.4 Å². The second-order valence-electron chi connectivity index (χ2n) is 19.8. The fourth-order valence-electron chi connectivity index (χ4n) is 15.2. The van der Waals surface area contributed by atoms with Crippen molar-refractivity contribution in [2.24, 2.45) is 64.1 Å². The van der Waals surface area contributed by atoms with E-state index in [1.54, 1.807) is 0 Å². The van der Waals surface area contributed by atoms with Crippen molar-refractivity contribution >= 4 is 5.69 Å². The van der Waals surface area contributed by atoms with Crippen LogP contribution in [0.1, 0.15) is 122 Å². The predicted molar refractivity (Wildman–Crippen MR) is 201 cm³/mol. The fourth-order valence-corrected chi connectivity index (χ4v) is 15.2. The van der Waals surface area contributed by atoms with Gasteiger partial charge in [0.25, 0.3) is 0 Å². The highest BCUT2D eigenvalue weighted by Gasteiger charge is 2.67. The lowest BCUT2D eigenvalue weighted by atomic mass is 9.46. The molecular weight excluding hydrogens is 620 g/mol. The number of piperidine rings is 2. The van der Waals surface area contributed by atoms with Crippen molar-refractivity contribution in [2.75, 3.05) is 39.2 Å². The van der Waals surface area contributed by atoms with Crippen LogP contribution in [0.25, 0.3) is 0 Å². The van der Waals surface area contributed by atoms with E-state index >= 15 is 0 Å². The van der Waals surface area contributed by atoms with Gasteiger partial charge in [0.05, 0.1) is 17.8 Å². The maximum Gasteiger partial charge on any atom is 0.0805 e. The van der Waals surface area contributed by atoms with Gasteiger partial charge in [0.2, 0.25) is 0 Å². The molecular formula is C44H70N2O4. The van der Waals surface area contributed by atoms with Gasteiger partial charge in [-0.2, -0.15) is 0 Å². The molecule has 0 unspecified atom stereocenters. The topological polar surface area (TPSA) is 85.2 Å². The molecule has 7 fully saturated rings. The smallest absolute Gasteiger partial charge is 0.0805 e. The maximum absolute atomic E-state index is 12.2. The van der Waals surface area contributed by atoms with Crippen LogP contribution in [0, 0.1) is 64.1 Å². The standard InChI is InChI=1S/C44H70N2O4/c1-27-11-14-40-43(3,49)36-13-12-32-33(35(36)25-46(40)24-27)20-37-34(32)21-39(47)38-22-41(48)44(26-42(37,38)2)16-15-28(23-44)18-29(9-7-17-50-5)30-8-6-10-31(19-30)45-4/h6,8,10,19,27-29,32-41,45,47-49H,7,9,11-18,20-26H2,1-5H3/t27-,28-,29-,32+,33+,34+,35+,36-,37-,38+,39+,40-,41-,42-,43+,44-/m1/s1. The summed E-state index contributed by atoms with van der Waals surface area (Å²) >= 11 is 0. The molecule has 6 nitrogen and oxygen atoms in total. The van der Waals surface area contributed by atoms with E-state index in [2.05, 4.69) is 55.3 Å². The fraction of sp³-hybridized carbons (Fsp3) is 0.864. The molecule has 1 aromatic carbocycles. The molecule has 0 radical (unpaired) electrons. The first-order valence-electron chi connectivity index (χ1n) is 21.1. The first-order valence-corrected chi connectivity index (χ1v) is 21.1. The largest absolute Gasteiger partial charge is 0.393 e. The summed E-state index contributed by atoms with van der Waals surface area (Å²) in [4.78, 5) is 2.71. The molecule has 280 valence electrons. The Kier molecular flexibility index (Phi) is 9.74. The molecule has 6 heteroatoms. The number of benzene rings is 1. The molecule has 2 saturated heterocycles. The molecule has 2 heterocycles. The number of hydrogen-bond acceptors (Lipinski definition) is 6. The van der Waals surface area contributed by atoms with Crippen molar-refractivity contribution in [3.63, 3.8) is 0 Å². The zero-order chi connectivity index (χ0) is 35.0. The van der Waals surface area contributed by atoms with Gasteiger partial charge in [0, 0.05) is 45.6 Å². The number of methoxy groups -OCH3 is 1. The first kappa shape index (κ1) is 35.8. The van der Waals surface area contributed by atoms with Gasteiger partial charge in [-0.05, 0) is 185 Å². The zero-order valence-electron chi connectivity index (χ0n) is 32.0. The van der Waals surface area contributed by atoms with Crippen molar-refractivity contribution in [2.45, 2.75) is 140 Å². The normalized spacial score (nSPS) is 49.0. The molecule has 4 N–H and O–H groups in total. The first-order chi connectivity index (χ1) is 24.0. The Morgan fingerprint density at radius 2 is 1.78 bits per heavy atom. The zero-order valence-corrected chi connectivity index (χ0v) is 32.0. The summed E-state index contributed by atoms with van der Waals surface area (Å²) in [6.07, 6.45) is 15.1. The lowest BCUT2D eigenvalue weighted by Crippen LogP contribution is -2.67. The molecule has 5 aliphatic carbocycles. The Balaban J connectivity index is 1.02. The Morgan fingerprint density at radius 1 is 0.940 bits per heavy atom. The highest BCUT2D eigenvalue weighted by Crippen LogP contribution is 2.71. The van der Waals surface area contributed by atoms with Crippen molar-refractivity contribution in [1.29, 1.82) is 0 Å². The van der Waals surface area contributed by atoms with Gasteiger partial charge in [-0.15, -0.1) is 0 Å². The number of aliphatic hydroxyl groups is 3. The van der Waals surface area contributed by atoms with Gasteiger partial charge in [0.1, 0.15) is 0 Å². The summed E-state index contributed by atoms with van der Waals surface area (Å²) in [5.74, 6) is 5.60. The number of anilines is 1. The predicted octanol–water partition coefficient (Wildman–Crippen LogP) is 7.72. The average molecular weight is 691 g/mol. The van der Waals surface area contributed by atoms with Gasteiger partial charge in [0.15, 0.2) is 0 Å². The van der Waals surface area contributed by atoms with Crippen LogP contribution in [0.3, 0.4) is 0 Å². The second-order valence-corrected chi connectivity index (χ2v) is 19.8. The van der Waals surface area contributed by atoms with Crippen molar-refractivity contribution in [3.05, 3.63) is 29.8 Å². The Labute approximate surface area is 303 Å². The Hall–Kier alpha value is -1.18. The Bertz CT molecular complexity index is 1350. The molecule has 1 aromatic rings. The van der Waals surface area contributed by atoms with Crippen molar-refractivity contribution in [1.82, 2.24) is 4.90 Å². The molecule has 5 saturated carbocycles. The molecule has 0 bridgehead atoms. The van der Waals surface area contributed by atoms with Gasteiger partial charge >= 0.3 is 0 Å². The number of rotatable bonds is 8. The monoisotopic (exact) mass is 691 g/mol. The number of fused-ring (bicyclic) bond motifs is 8. The van der Waals surface area contributed by atoms with E-state index in [0.717, 1.165) is 76.9 Å². The maximum atomic E-state index is 12.2. The third-order valence-electron chi connectivity index (χ3n) is 17.3. The number of aliphatic hydroxyl groups excluding tert-OH is 2. The average Bonchev–Trinajstić information content (AvgIpc) is 3.68. The van der Waals surface area contributed by atoms with Crippen molar-refractivity contribution < 1.29 is 20.1 Å². The lowest BCUT2D eigenvalue weighted by Gasteiger charge is -2.60. The summed E-state index contributed by atoms with van der Waals surface area (Å²) in [5.41, 5.74) is 2.06. The third-order valence-corrected chi connectivity index (χ3v) is 17.3. The van der Waals surface area contributed by atoms with Crippen LogP contribution in [0.5, 0.6) is 0 Å². The number of ether oxygens (including phenoxy) is 1. The van der Waals surface area contributed by atoms with E-state index in [1.807, 2.05) is 14.2 Å². The van der Waals surface area contributed by atoms with E-state index in [0.29, 0.717) is 53.4 Å². The molecule has 1 spiro atoms. The van der Waals surface area contributed by atoms with Crippen LogP contribution in [0.2, 0.25) is 0 Å². The van der Waals surface area contributed by atoms with Crippen LogP contribution in [-0.2, 0) is 4.74 Å². The lowest BCUT2D eigenvalue weighted by molar-refractivity contribution is -0.180. The number of nitrogens with zero attached hydrogens (tertiary/aromatic N) is 1. The van der Waals surface area contributed by atoms with Crippen molar-refractivity contribution in [3.8, 4) is 0 Å². The Morgan fingerprint density at radius 3 is 2.58 bits per heavy atom. The van der Waals surface area contributed by atoms with Gasteiger partial charge in [-0.1, -0.05) is 26.0 Å². The minimum Gasteiger partial charge on any atom is -0.393 e. The quantitative estimate of drug-likeness (QED) is 0.209. The van der Waals surface area contributed by atoms with Crippen LogP contribution >= 0.6 is 0 Å². The van der Waals surface area contributed by atoms with E-state index in [4.69, 9.17) is 4.74 Å². The van der Waals surface area contributed by atoms with Crippen LogP contribution in [0.4, 0.5) is 5.69 Å². The van der Waals surface area contributed by atoms with E-state index in [-0.39, 0.29) is 29.0 Å². The highest BCUT2D eigenvalue weighted by molar-refractivity contribution is 5.46. The summed E-state index contributed by atoms with van der Waals surface area (Å²) in [5, 5.41) is 39.5. The minimum absolute atomic E-state index is 0.0244. The summed E-state index contributed by atoms with van der Waals surface area (Å²) in [7, 11) is 3.81. The highest BCUT2D eigenvalue weighted by atomic mass is 16.5. The summed E-state index contributed by atoms with van der Waals surface area (Å²) in [6, 6.07) is 9.33. The molecule has 16 atom stereocenters. The molecule has 7 aliphatic rings. The minimum atomic E-state index is -0.596. The number of hydrogen-bond donors (Lipinski definition) is 4. The molecule has 2 aliphatic heterocycles. The van der Waals surface area contributed by atoms with Gasteiger partial charge in [-0.3, -0.25) is 4.90 Å². The summed E-state index contributed by atoms with van der Waals surface area (Å²) < 4.78 is 5.47. The van der Waals surface area contributed by atoms with E-state index in [9.17, 15) is 15.3 Å². The van der Waals surface area contributed by atoms with E-state index < -0.39 is 5.60 Å². The molecule has 50 heavy (non-hydrogen) atoms. The summed E-state index contributed by atoms with van der Waals surface area (Å²) in [6.45, 7) is 10.3. The van der Waals surface area contributed by atoms with Crippen LogP contribution in [-0.4, -0.2) is 77.9 Å².